The van der Waals surface area contributed by atoms with Gasteiger partial charge in [0.25, 0.3) is 0 Å². The number of pyridine rings is 1. The normalized spacial score (nSPS) is 11.1. The molecule has 0 N–H and O–H groups in total. The molecule has 4 rings (SSSR count). The number of imidazole rings is 1. The highest BCUT2D eigenvalue weighted by Gasteiger charge is 2.07. The van der Waals surface area contributed by atoms with E-state index in [1.807, 2.05) is 24.3 Å². The number of hydrogen-bond acceptors (Lipinski definition) is 4. The fourth-order valence-corrected chi connectivity index (χ4v) is 2.19. The summed E-state index contributed by atoms with van der Waals surface area (Å²) in [4.78, 5) is 4.48. The Morgan fingerprint density at radius 3 is 2.86 bits per heavy atom. The summed E-state index contributed by atoms with van der Waals surface area (Å²) in [5.74, 6) is -0.297. The zero-order valence-corrected chi connectivity index (χ0v) is 10.8. The number of nitrogens with zero attached hydrogens (tertiary/aromatic N) is 6. The minimum Gasteiger partial charge on any atom is -0.304 e. The lowest BCUT2D eigenvalue weighted by Gasteiger charge is -2.01. The maximum absolute atomic E-state index is 13.2. The second-order valence-electron chi connectivity index (χ2n) is 4.54. The van der Waals surface area contributed by atoms with E-state index in [2.05, 4.69) is 20.5 Å². The van der Waals surface area contributed by atoms with Gasteiger partial charge in [-0.3, -0.25) is 0 Å². The fourth-order valence-electron chi connectivity index (χ4n) is 2.19. The quantitative estimate of drug-likeness (QED) is 0.564. The number of benzene rings is 1. The van der Waals surface area contributed by atoms with Crippen LogP contribution < -0.4 is 0 Å². The highest BCUT2D eigenvalue weighted by Crippen LogP contribution is 2.21. The predicted molar refractivity (Wildman–Crippen MR) is 73.3 cm³/mol. The first-order valence-corrected chi connectivity index (χ1v) is 6.28. The van der Waals surface area contributed by atoms with E-state index in [4.69, 9.17) is 0 Å². The van der Waals surface area contributed by atoms with Crippen molar-refractivity contribution in [2.24, 2.45) is 0 Å². The minimum atomic E-state index is -0.297. The third-order valence-electron chi connectivity index (χ3n) is 3.17. The van der Waals surface area contributed by atoms with Crippen molar-refractivity contribution >= 4 is 5.65 Å². The molecule has 0 aliphatic heterocycles. The van der Waals surface area contributed by atoms with Crippen molar-refractivity contribution in [1.82, 2.24) is 29.6 Å². The van der Waals surface area contributed by atoms with E-state index in [1.165, 1.54) is 18.6 Å². The average molecular weight is 280 g/mol. The number of aromatic nitrogens is 6. The lowest BCUT2D eigenvalue weighted by molar-refractivity contribution is 0.619. The van der Waals surface area contributed by atoms with Gasteiger partial charge in [0.1, 0.15) is 17.8 Å². The molecule has 21 heavy (non-hydrogen) atoms. The zero-order valence-electron chi connectivity index (χ0n) is 10.8. The number of tetrazole rings is 1. The Kier molecular flexibility index (Phi) is 2.50. The second-order valence-corrected chi connectivity index (χ2v) is 4.54. The van der Waals surface area contributed by atoms with Crippen molar-refractivity contribution in [3.05, 3.63) is 60.9 Å². The molecule has 0 aliphatic carbocycles. The van der Waals surface area contributed by atoms with Gasteiger partial charge in [0.15, 0.2) is 0 Å². The Bertz CT molecular complexity index is 912. The SMILES string of the molecule is Fc1ccc2nc(-c3cccc(-n4cnnn4)c3)cn2c1. The van der Waals surface area contributed by atoms with Crippen LogP contribution >= 0.6 is 0 Å². The smallest absolute Gasteiger partial charge is 0.143 e. The molecule has 0 spiro atoms. The van der Waals surface area contributed by atoms with Gasteiger partial charge in [-0.25, -0.2) is 14.1 Å². The Morgan fingerprint density at radius 1 is 1.05 bits per heavy atom. The summed E-state index contributed by atoms with van der Waals surface area (Å²) in [6.07, 6.45) is 4.71. The van der Waals surface area contributed by atoms with Crippen LogP contribution in [0.4, 0.5) is 4.39 Å². The van der Waals surface area contributed by atoms with Crippen LogP contribution in [-0.4, -0.2) is 29.6 Å². The van der Waals surface area contributed by atoms with Crippen LogP contribution in [0, 0.1) is 5.82 Å². The van der Waals surface area contributed by atoms with Gasteiger partial charge in [-0.05, 0) is 34.7 Å². The first-order valence-electron chi connectivity index (χ1n) is 6.28. The summed E-state index contributed by atoms with van der Waals surface area (Å²) in [7, 11) is 0. The Hall–Kier alpha value is -3.09. The van der Waals surface area contributed by atoms with E-state index in [0.29, 0.717) is 5.65 Å². The van der Waals surface area contributed by atoms with Gasteiger partial charge < -0.3 is 4.40 Å². The largest absolute Gasteiger partial charge is 0.304 e. The van der Waals surface area contributed by atoms with Crippen LogP contribution in [0.25, 0.3) is 22.6 Å². The fraction of sp³-hybridized carbons (Fsp3) is 0. The minimum absolute atomic E-state index is 0.297. The van der Waals surface area contributed by atoms with E-state index in [-0.39, 0.29) is 5.82 Å². The summed E-state index contributed by atoms with van der Waals surface area (Å²) in [6, 6.07) is 10.7. The molecule has 6 nitrogen and oxygen atoms in total. The van der Waals surface area contributed by atoms with E-state index in [0.717, 1.165) is 16.9 Å². The van der Waals surface area contributed by atoms with Crippen LogP contribution in [0.15, 0.2) is 55.1 Å². The van der Waals surface area contributed by atoms with Crippen molar-refractivity contribution in [3.8, 4) is 16.9 Å². The van der Waals surface area contributed by atoms with Gasteiger partial charge in [0.05, 0.1) is 11.4 Å². The molecule has 0 saturated heterocycles. The highest BCUT2D eigenvalue weighted by molar-refractivity contribution is 5.64. The van der Waals surface area contributed by atoms with Crippen molar-refractivity contribution in [2.75, 3.05) is 0 Å². The van der Waals surface area contributed by atoms with Gasteiger partial charge in [0, 0.05) is 18.0 Å². The molecule has 3 aromatic heterocycles. The van der Waals surface area contributed by atoms with Gasteiger partial charge in [0.2, 0.25) is 0 Å². The first-order chi connectivity index (χ1) is 10.3. The zero-order chi connectivity index (χ0) is 14.2. The highest BCUT2D eigenvalue weighted by atomic mass is 19.1. The number of halogens is 1. The lowest BCUT2D eigenvalue weighted by Crippen LogP contribution is -1.95. The maximum Gasteiger partial charge on any atom is 0.143 e. The average Bonchev–Trinajstić information content (AvgIpc) is 3.16. The maximum atomic E-state index is 13.2. The van der Waals surface area contributed by atoms with E-state index < -0.39 is 0 Å². The van der Waals surface area contributed by atoms with Crippen LogP contribution in [-0.2, 0) is 0 Å². The van der Waals surface area contributed by atoms with Crippen molar-refractivity contribution < 1.29 is 4.39 Å². The van der Waals surface area contributed by atoms with Crippen LogP contribution in [0.1, 0.15) is 0 Å². The molecular weight excluding hydrogens is 271 g/mol. The molecule has 0 radical (unpaired) electrons. The standard InChI is InChI=1S/C14H9FN6/c15-11-4-5-14-17-13(8-20(14)7-11)10-2-1-3-12(6-10)21-9-16-18-19-21/h1-9H. The molecule has 0 fully saturated rings. The lowest BCUT2D eigenvalue weighted by atomic mass is 10.1. The first kappa shape index (κ1) is 11.7. The monoisotopic (exact) mass is 280 g/mol. The summed E-state index contributed by atoms with van der Waals surface area (Å²) in [5, 5.41) is 11.1. The molecule has 4 aromatic rings. The van der Waals surface area contributed by atoms with E-state index in [1.54, 1.807) is 21.3 Å². The molecule has 102 valence electrons. The topological polar surface area (TPSA) is 60.9 Å². The summed E-state index contributed by atoms with van der Waals surface area (Å²) in [5.41, 5.74) is 3.20. The van der Waals surface area contributed by atoms with E-state index >= 15 is 0 Å². The summed E-state index contributed by atoms with van der Waals surface area (Å²) < 4.78 is 16.5. The third-order valence-corrected chi connectivity index (χ3v) is 3.17. The summed E-state index contributed by atoms with van der Waals surface area (Å²) >= 11 is 0. The second kappa shape index (κ2) is 4.48. The van der Waals surface area contributed by atoms with Gasteiger partial charge in [-0.15, -0.1) is 5.10 Å². The number of fused-ring (bicyclic) bond motifs is 1. The van der Waals surface area contributed by atoms with Crippen molar-refractivity contribution in [3.63, 3.8) is 0 Å². The summed E-state index contributed by atoms with van der Waals surface area (Å²) in [6.45, 7) is 0. The van der Waals surface area contributed by atoms with Gasteiger partial charge >= 0.3 is 0 Å². The third kappa shape index (κ3) is 2.04. The Morgan fingerprint density at radius 2 is 2.00 bits per heavy atom. The molecule has 0 atom stereocenters. The Labute approximate surface area is 118 Å². The molecule has 0 amide bonds. The van der Waals surface area contributed by atoms with Gasteiger partial charge in [-0.2, -0.15) is 0 Å². The van der Waals surface area contributed by atoms with Gasteiger partial charge in [-0.1, -0.05) is 12.1 Å². The number of rotatable bonds is 2. The molecule has 0 unspecified atom stereocenters. The molecule has 7 heteroatoms. The number of hydrogen-bond donors (Lipinski definition) is 0. The molecule has 0 saturated carbocycles. The molecular formula is C14H9FN6. The molecule has 3 heterocycles. The Balaban J connectivity index is 1.83. The van der Waals surface area contributed by atoms with Crippen molar-refractivity contribution in [2.45, 2.75) is 0 Å². The van der Waals surface area contributed by atoms with Crippen LogP contribution in [0.5, 0.6) is 0 Å². The molecule has 0 bridgehead atoms. The van der Waals surface area contributed by atoms with Crippen molar-refractivity contribution in [1.29, 1.82) is 0 Å². The molecule has 1 aromatic carbocycles. The van der Waals surface area contributed by atoms with Crippen LogP contribution in [0.2, 0.25) is 0 Å². The predicted octanol–water partition coefficient (Wildman–Crippen LogP) is 2.12. The van der Waals surface area contributed by atoms with E-state index in [9.17, 15) is 4.39 Å². The molecule has 0 aliphatic rings. The van der Waals surface area contributed by atoms with Crippen LogP contribution in [0.3, 0.4) is 0 Å².